The highest BCUT2D eigenvalue weighted by atomic mass is 16.2. The van der Waals surface area contributed by atoms with Gasteiger partial charge in [-0.2, -0.15) is 0 Å². The van der Waals surface area contributed by atoms with Crippen LogP contribution < -0.4 is 5.32 Å². The molecule has 4 nitrogen and oxygen atoms in total. The van der Waals surface area contributed by atoms with Crippen molar-refractivity contribution < 1.29 is 4.79 Å². The standard InChI is InChI=1S/C14H29N3O/c1-5-10-15-13-14(18)17(8-4)12-9-11-16(6-2)7-3/h5,15H,1,6-13H2,2-4H3. The molecule has 0 bridgehead atoms. The molecule has 0 aliphatic heterocycles. The third-order valence-electron chi connectivity index (χ3n) is 3.10. The van der Waals surface area contributed by atoms with Crippen LogP contribution in [0.15, 0.2) is 12.7 Å². The van der Waals surface area contributed by atoms with Crippen LogP contribution in [0.5, 0.6) is 0 Å². The van der Waals surface area contributed by atoms with E-state index in [0.29, 0.717) is 13.1 Å². The SMILES string of the molecule is C=CCNCC(=O)N(CC)CCCN(CC)CC. The molecule has 0 rings (SSSR count). The number of carbonyl (C=O) groups is 1. The van der Waals surface area contributed by atoms with Gasteiger partial charge in [0.05, 0.1) is 6.54 Å². The third-order valence-corrected chi connectivity index (χ3v) is 3.10. The second-order valence-electron chi connectivity index (χ2n) is 4.27. The zero-order valence-corrected chi connectivity index (χ0v) is 12.2. The first-order chi connectivity index (χ1) is 8.69. The van der Waals surface area contributed by atoms with Crippen LogP contribution in [0.1, 0.15) is 27.2 Å². The number of hydrogen-bond donors (Lipinski definition) is 1. The molecular formula is C14H29N3O. The number of nitrogens with one attached hydrogen (secondary N) is 1. The maximum atomic E-state index is 11.9. The Bertz CT molecular complexity index is 227. The smallest absolute Gasteiger partial charge is 0.236 e. The molecule has 1 amide bonds. The Morgan fingerprint density at radius 2 is 1.83 bits per heavy atom. The van der Waals surface area contributed by atoms with Gasteiger partial charge in [-0.05, 0) is 33.0 Å². The second-order valence-corrected chi connectivity index (χ2v) is 4.27. The summed E-state index contributed by atoms with van der Waals surface area (Å²) in [6.07, 6.45) is 2.81. The van der Waals surface area contributed by atoms with E-state index in [4.69, 9.17) is 0 Å². The van der Waals surface area contributed by atoms with Gasteiger partial charge in [0.1, 0.15) is 0 Å². The van der Waals surface area contributed by atoms with Crippen LogP contribution in [0.3, 0.4) is 0 Å². The minimum atomic E-state index is 0.180. The average molecular weight is 255 g/mol. The summed E-state index contributed by atoms with van der Waals surface area (Å²) >= 11 is 0. The molecule has 0 aliphatic carbocycles. The Hall–Kier alpha value is -0.870. The van der Waals surface area contributed by atoms with Gasteiger partial charge in [-0.15, -0.1) is 6.58 Å². The van der Waals surface area contributed by atoms with Gasteiger partial charge in [0.25, 0.3) is 0 Å². The minimum Gasteiger partial charge on any atom is -0.342 e. The van der Waals surface area contributed by atoms with Crippen LogP contribution in [-0.4, -0.2) is 61.5 Å². The van der Waals surface area contributed by atoms with E-state index in [-0.39, 0.29) is 5.91 Å². The molecule has 0 aliphatic rings. The van der Waals surface area contributed by atoms with Crippen molar-refractivity contribution >= 4 is 5.91 Å². The predicted molar refractivity (Wildman–Crippen MR) is 77.7 cm³/mol. The fourth-order valence-corrected chi connectivity index (χ4v) is 1.88. The van der Waals surface area contributed by atoms with Gasteiger partial charge >= 0.3 is 0 Å². The van der Waals surface area contributed by atoms with Crippen molar-refractivity contribution in [1.82, 2.24) is 15.1 Å². The first-order valence-electron chi connectivity index (χ1n) is 7.01. The van der Waals surface area contributed by atoms with E-state index < -0.39 is 0 Å². The van der Waals surface area contributed by atoms with Crippen molar-refractivity contribution in [2.75, 3.05) is 45.8 Å². The normalized spacial score (nSPS) is 10.7. The lowest BCUT2D eigenvalue weighted by Crippen LogP contribution is -2.39. The Labute approximate surface area is 112 Å². The first kappa shape index (κ1) is 17.1. The Kier molecular flexibility index (Phi) is 10.7. The molecule has 0 aromatic carbocycles. The summed E-state index contributed by atoms with van der Waals surface area (Å²) in [7, 11) is 0. The van der Waals surface area contributed by atoms with Crippen molar-refractivity contribution in [2.24, 2.45) is 0 Å². The Morgan fingerprint density at radius 3 is 2.33 bits per heavy atom. The number of rotatable bonds is 11. The van der Waals surface area contributed by atoms with Crippen LogP contribution in [0.4, 0.5) is 0 Å². The molecule has 18 heavy (non-hydrogen) atoms. The van der Waals surface area contributed by atoms with Gasteiger partial charge in [-0.25, -0.2) is 0 Å². The molecule has 0 heterocycles. The van der Waals surface area contributed by atoms with Crippen molar-refractivity contribution in [1.29, 1.82) is 0 Å². The minimum absolute atomic E-state index is 0.180. The Balaban J connectivity index is 3.87. The second kappa shape index (κ2) is 11.2. The lowest BCUT2D eigenvalue weighted by Gasteiger charge is -2.23. The maximum absolute atomic E-state index is 11.9. The maximum Gasteiger partial charge on any atom is 0.236 e. The van der Waals surface area contributed by atoms with E-state index in [0.717, 1.165) is 39.1 Å². The third kappa shape index (κ3) is 7.45. The van der Waals surface area contributed by atoms with Gasteiger partial charge in [0, 0.05) is 19.6 Å². The van der Waals surface area contributed by atoms with E-state index in [1.807, 2.05) is 11.8 Å². The van der Waals surface area contributed by atoms with Crippen LogP contribution in [-0.2, 0) is 4.79 Å². The highest BCUT2D eigenvalue weighted by molar-refractivity contribution is 5.78. The van der Waals surface area contributed by atoms with E-state index in [9.17, 15) is 4.79 Å². The molecule has 106 valence electrons. The fourth-order valence-electron chi connectivity index (χ4n) is 1.88. The molecule has 0 radical (unpaired) electrons. The van der Waals surface area contributed by atoms with Crippen molar-refractivity contribution in [3.63, 3.8) is 0 Å². The largest absolute Gasteiger partial charge is 0.342 e. The quantitative estimate of drug-likeness (QED) is 0.447. The summed E-state index contributed by atoms with van der Waals surface area (Å²) in [5.74, 6) is 0.180. The number of likely N-dealkylation sites (N-methyl/N-ethyl adjacent to an activating group) is 1. The van der Waals surface area contributed by atoms with Gasteiger partial charge in [-0.3, -0.25) is 4.79 Å². The zero-order chi connectivity index (χ0) is 13.8. The molecule has 0 spiro atoms. The molecule has 0 saturated heterocycles. The van der Waals surface area contributed by atoms with Crippen LogP contribution >= 0.6 is 0 Å². The number of hydrogen-bond acceptors (Lipinski definition) is 3. The zero-order valence-electron chi connectivity index (χ0n) is 12.2. The van der Waals surface area contributed by atoms with Gasteiger partial charge < -0.3 is 15.1 Å². The number of carbonyl (C=O) groups excluding carboxylic acids is 1. The molecular weight excluding hydrogens is 226 g/mol. The van der Waals surface area contributed by atoms with Gasteiger partial charge in [0.15, 0.2) is 0 Å². The number of amides is 1. The topological polar surface area (TPSA) is 35.6 Å². The number of nitrogens with zero attached hydrogens (tertiary/aromatic N) is 2. The molecule has 0 fully saturated rings. The van der Waals surface area contributed by atoms with Crippen LogP contribution in [0.2, 0.25) is 0 Å². The summed E-state index contributed by atoms with van der Waals surface area (Å²) < 4.78 is 0. The Morgan fingerprint density at radius 1 is 1.17 bits per heavy atom. The highest BCUT2D eigenvalue weighted by Crippen LogP contribution is 1.96. The predicted octanol–water partition coefficient (Wildman–Crippen LogP) is 1.34. The summed E-state index contributed by atoms with van der Waals surface area (Å²) in [5.41, 5.74) is 0. The molecule has 4 heteroatoms. The molecule has 0 aromatic heterocycles. The van der Waals surface area contributed by atoms with E-state index in [2.05, 4.69) is 30.6 Å². The molecule has 0 unspecified atom stereocenters. The molecule has 0 aromatic rings. The van der Waals surface area contributed by atoms with Crippen LogP contribution in [0, 0.1) is 0 Å². The van der Waals surface area contributed by atoms with Crippen LogP contribution in [0.25, 0.3) is 0 Å². The van der Waals surface area contributed by atoms with Gasteiger partial charge in [0.2, 0.25) is 5.91 Å². The van der Waals surface area contributed by atoms with Crippen molar-refractivity contribution in [2.45, 2.75) is 27.2 Å². The lowest BCUT2D eigenvalue weighted by molar-refractivity contribution is -0.130. The molecule has 0 atom stereocenters. The summed E-state index contributed by atoms with van der Waals surface area (Å²) in [6, 6.07) is 0. The first-order valence-corrected chi connectivity index (χ1v) is 7.01. The highest BCUT2D eigenvalue weighted by Gasteiger charge is 2.10. The van der Waals surface area contributed by atoms with E-state index in [1.165, 1.54) is 0 Å². The summed E-state index contributed by atoms with van der Waals surface area (Å²) in [6.45, 7) is 15.9. The van der Waals surface area contributed by atoms with E-state index >= 15 is 0 Å². The fraction of sp³-hybridized carbons (Fsp3) is 0.786. The van der Waals surface area contributed by atoms with E-state index in [1.54, 1.807) is 6.08 Å². The lowest BCUT2D eigenvalue weighted by atomic mass is 10.3. The average Bonchev–Trinajstić information content (AvgIpc) is 2.39. The molecule has 0 saturated carbocycles. The monoisotopic (exact) mass is 255 g/mol. The van der Waals surface area contributed by atoms with Crippen molar-refractivity contribution in [3.05, 3.63) is 12.7 Å². The molecule has 1 N–H and O–H groups in total. The summed E-state index contributed by atoms with van der Waals surface area (Å²) in [4.78, 5) is 16.2. The van der Waals surface area contributed by atoms with Gasteiger partial charge in [-0.1, -0.05) is 19.9 Å². The summed E-state index contributed by atoms with van der Waals surface area (Å²) in [5, 5.41) is 3.05. The van der Waals surface area contributed by atoms with Crippen molar-refractivity contribution in [3.8, 4) is 0 Å².